The number of methoxy groups -OCH3 is 1. The van der Waals surface area contributed by atoms with Gasteiger partial charge in [-0.2, -0.15) is 0 Å². The van der Waals surface area contributed by atoms with E-state index in [9.17, 15) is 0 Å². The van der Waals surface area contributed by atoms with Gasteiger partial charge in [0.05, 0.1) is 0 Å². The van der Waals surface area contributed by atoms with Gasteiger partial charge in [-0.1, -0.05) is 19.8 Å². The summed E-state index contributed by atoms with van der Waals surface area (Å²) in [6.07, 6.45) is 7.57. The number of rotatable bonds is 6. The van der Waals surface area contributed by atoms with E-state index in [0.717, 1.165) is 19.4 Å². The Bertz CT molecular complexity index is 155. The molecular formula is C11H24N2O. The highest BCUT2D eigenvalue weighted by Gasteiger charge is 2.35. The highest BCUT2D eigenvalue weighted by molar-refractivity contribution is 4.90. The predicted molar refractivity (Wildman–Crippen MR) is 58.8 cm³/mol. The number of nitrogens with one attached hydrogen (secondary N) is 1. The third-order valence-corrected chi connectivity index (χ3v) is 3.63. The molecule has 0 radical (unpaired) electrons. The summed E-state index contributed by atoms with van der Waals surface area (Å²) in [6.45, 7) is 3.20. The van der Waals surface area contributed by atoms with Gasteiger partial charge in [0.2, 0.25) is 0 Å². The minimum Gasteiger partial charge on any atom is -0.385 e. The molecule has 0 saturated heterocycles. The first-order valence-electron chi connectivity index (χ1n) is 5.68. The fourth-order valence-electron chi connectivity index (χ4n) is 2.60. The molecule has 0 spiro atoms. The molecule has 84 valence electrons. The molecule has 3 nitrogen and oxygen atoms in total. The van der Waals surface area contributed by atoms with Crippen LogP contribution in [-0.4, -0.2) is 19.8 Å². The molecule has 0 aromatic heterocycles. The van der Waals surface area contributed by atoms with Gasteiger partial charge in [-0.3, -0.25) is 11.3 Å². The molecule has 14 heavy (non-hydrogen) atoms. The lowest BCUT2D eigenvalue weighted by Crippen LogP contribution is -2.46. The lowest BCUT2D eigenvalue weighted by Gasteiger charge is -2.33. The van der Waals surface area contributed by atoms with E-state index in [1.165, 1.54) is 25.7 Å². The normalized spacial score (nSPS) is 22.5. The van der Waals surface area contributed by atoms with Crippen molar-refractivity contribution in [2.75, 3.05) is 13.7 Å². The number of hydrogen-bond donors (Lipinski definition) is 2. The molecule has 1 aliphatic rings. The van der Waals surface area contributed by atoms with Crippen LogP contribution in [-0.2, 0) is 4.74 Å². The summed E-state index contributed by atoms with van der Waals surface area (Å²) in [5.74, 6) is 5.63. The van der Waals surface area contributed by atoms with Crippen molar-refractivity contribution >= 4 is 0 Å². The van der Waals surface area contributed by atoms with Crippen LogP contribution in [0.5, 0.6) is 0 Å². The molecule has 1 aliphatic carbocycles. The van der Waals surface area contributed by atoms with E-state index in [4.69, 9.17) is 10.6 Å². The van der Waals surface area contributed by atoms with Crippen molar-refractivity contribution in [1.82, 2.24) is 5.43 Å². The molecule has 0 aliphatic heterocycles. The molecule has 0 amide bonds. The van der Waals surface area contributed by atoms with Gasteiger partial charge in [0.1, 0.15) is 0 Å². The molecule has 1 unspecified atom stereocenters. The SMILES string of the molecule is COCCCC(NN)C1(C)CCCC1. The van der Waals surface area contributed by atoms with E-state index in [1.807, 2.05) is 0 Å². The minimum atomic E-state index is 0.419. The quantitative estimate of drug-likeness (QED) is 0.390. The molecule has 3 N–H and O–H groups in total. The highest BCUT2D eigenvalue weighted by Crippen LogP contribution is 2.41. The van der Waals surface area contributed by atoms with Gasteiger partial charge in [-0.15, -0.1) is 0 Å². The average Bonchev–Trinajstić information content (AvgIpc) is 2.61. The third-order valence-electron chi connectivity index (χ3n) is 3.63. The van der Waals surface area contributed by atoms with Crippen molar-refractivity contribution in [2.24, 2.45) is 11.3 Å². The van der Waals surface area contributed by atoms with E-state index in [1.54, 1.807) is 7.11 Å². The van der Waals surface area contributed by atoms with Crippen LogP contribution in [0, 0.1) is 5.41 Å². The summed E-state index contributed by atoms with van der Waals surface area (Å²) in [7, 11) is 1.75. The van der Waals surface area contributed by atoms with Crippen molar-refractivity contribution in [3.8, 4) is 0 Å². The monoisotopic (exact) mass is 200 g/mol. The second-order valence-corrected chi connectivity index (χ2v) is 4.72. The van der Waals surface area contributed by atoms with Crippen LogP contribution < -0.4 is 11.3 Å². The molecule has 1 fully saturated rings. The molecule has 1 rings (SSSR count). The van der Waals surface area contributed by atoms with Crippen molar-refractivity contribution in [3.63, 3.8) is 0 Å². The molecular weight excluding hydrogens is 176 g/mol. The third kappa shape index (κ3) is 2.94. The van der Waals surface area contributed by atoms with Gasteiger partial charge in [-0.25, -0.2) is 0 Å². The summed E-state index contributed by atoms with van der Waals surface area (Å²) < 4.78 is 5.06. The van der Waals surface area contributed by atoms with Crippen LogP contribution in [0.3, 0.4) is 0 Å². The Morgan fingerprint density at radius 1 is 1.43 bits per heavy atom. The van der Waals surface area contributed by atoms with Crippen molar-refractivity contribution < 1.29 is 4.74 Å². The van der Waals surface area contributed by atoms with Crippen LogP contribution in [0.2, 0.25) is 0 Å². The largest absolute Gasteiger partial charge is 0.385 e. The number of ether oxygens (including phenoxy) is 1. The van der Waals surface area contributed by atoms with Gasteiger partial charge < -0.3 is 4.74 Å². The van der Waals surface area contributed by atoms with E-state index in [2.05, 4.69) is 12.3 Å². The fourth-order valence-corrected chi connectivity index (χ4v) is 2.60. The zero-order valence-electron chi connectivity index (χ0n) is 9.51. The van der Waals surface area contributed by atoms with Crippen LogP contribution in [0.1, 0.15) is 45.4 Å². The van der Waals surface area contributed by atoms with Crippen molar-refractivity contribution in [2.45, 2.75) is 51.5 Å². The van der Waals surface area contributed by atoms with E-state index < -0.39 is 0 Å². The lowest BCUT2D eigenvalue weighted by molar-refractivity contribution is 0.163. The summed E-state index contributed by atoms with van der Waals surface area (Å²) in [5.41, 5.74) is 3.41. The van der Waals surface area contributed by atoms with Crippen LogP contribution in [0.4, 0.5) is 0 Å². The van der Waals surface area contributed by atoms with E-state index in [-0.39, 0.29) is 0 Å². The maximum atomic E-state index is 5.63. The summed E-state index contributed by atoms with van der Waals surface area (Å²) in [6, 6.07) is 0.458. The van der Waals surface area contributed by atoms with Crippen molar-refractivity contribution in [3.05, 3.63) is 0 Å². The molecule has 0 aromatic rings. The van der Waals surface area contributed by atoms with Crippen LogP contribution in [0.15, 0.2) is 0 Å². The topological polar surface area (TPSA) is 47.3 Å². The Labute approximate surface area is 87.4 Å². The van der Waals surface area contributed by atoms with Gasteiger partial charge in [0, 0.05) is 19.8 Å². The summed E-state index contributed by atoms with van der Waals surface area (Å²) in [4.78, 5) is 0. The Kier molecular flexibility index (Phi) is 4.85. The maximum Gasteiger partial charge on any atom is 0.0462 e. The summed E-state index contributed by atoms with van der Waals surface area (Å²) in [5, 5.41) is 0. The Balaban J connectivity index is 2.35. The van der Waals surface area contributed by atoms with Crippen molar-refractivity contribution in [1.29, 1.82) is 0 Å². The number of hydrogen-bond acceptors (Lipinski definition) is 3. The molecule has 0 heterocycles. The van der Waals surface area contributed by atoms with Crippen LogP contribution in [0.25, 0.3) is 0 Å². The van der Waals surface area contributed by atoms with Gasteiger partial charge in [-0.05, 0) is 31.1 Å². The summed E-state index contributed by atoms with van der Waals surface area (Å²) >= 11 is 0. The molecule has 1 atom stereocenters. The Morgan fingerprint density at radius 3 is 2.57 bits per heavy atom. The van der Waals surface area contributed by atoms with Gasteiger partial charge in [0.25, 0.3) is 0 Å². The first-order valence-corrected chi connectivity index (χ1v) is 5.68. The van der Waals surface area contributed by atoms with Gasteiger partial charge >= 0.3 is 0 Å². The van der Waals surface area contributed by atoms with Crippen LogP contribution >= 0.6 is 0 Å². The highest BCUT2D eigenvalue weighted by atomic mass is 16.5. The standard InChI is InChI=1S/C11H24N2O/c1-11(7-3-4-8-11)10(13-12)6-5-9-14-2/h10,13H,3-9,12H2,1-2H3. The molecule has 0 bridgehead atoms. The van der Waals surface area contributed by atoms with E-state index >= 15 is 0 Å². The predicted octanol–water partition coefficient (Wildman–Crippen LogP) is 1.83. The van der Waals surface area contributed by atoms with Gasteiger partial charge in [0.15, 0.2) is 0 Å². The fraction of sp³-hybridized carbons (Fsp3) is 1.00. The minimum absolute atomic E-state index is 0.419. The first kappa shape index (κ1) is 12.0. The first-order chi connectivity index (χ1) is 6.73. The lowest BCUT2D eigenvalue weighted by atomic mass is 9.79. The zero-order chi connectivity index (χ0) is 10.4. The Morgan fingerprint density at radius 2 is 2.07 bits per heavy atom. The second-order valence-electron chi connectivity index (χ2n) is 4.72. The number of hydrazine groups is 1. The maximum absolute atomic E-state index is 5.63. The smallest absolute Gasteiger partial charge is 0.0462 e. The second kappa shape index (κ2) is 5.69. The Hall–Kier alpha value is -0.120. The van der Waals surface area contributed by atoms with E-state index in [0.29, 0.717) is 11.5 Å². The molecule has 1 saturated carbocycles. The molecule has 3 heteroatoms. The number of nitrogens with two attached hydrogens (primary N) is 1. The molecule has 0 aromatic carbocycles. The zero-order valence-corrected chi connectivity index (χ0v) is 9.51. The average molecular weight is 200 g/mol.